The summed E-state index contributed by atoms with van der Waals surface area (Å²) in [6, 6.07) is 7.63. The van der Waals surface area contributed by atoms with Crippen molar-refractivity contribution in [1.29, 1.82) is 0 Å². The number of carbonyl (C=O) groups is 1. The quantitative estimate of drug-likeness (QED) is 0.540. The van der Waals surface area contributed by atoms with Gasteiger partial charge < -0.3 is 9.80 Å². The van der Waals surface area contributed by atoms with E-state index in [4.69, 9.17) is 21.6 Å². The Hall–Kier alpha value is -2.67. The molecule has 176 valence electrons. The third-order valence-corrected chi connectivity index (χ3v) is 6.20. The van der Waals surface area contributed by atoms with Gasteiger partial charge in [-0.1, -0.05) is 52.3 Å². The first kappa shape index (κ1) is 23.5. The van der Waals surface area contributed by atoms with Gasteiger partial charge in [-0.3, -0.25) is 4.79 Å². The lowest BCUT2D eigenvalue weighted by Gasteiger charge is -2.38. The normalized spacial score (nSPS) is 15.0. The van der Waals surface area contributed by atoms with Gasteiger partial charge in [0.25, 0.3) is 0 Å². The number of rotatable bonds is 5. The van der Waals surface area contributed by atoms with E-state index in [1.807, 2.05) is 60.8 Å². The molecule has 0 saturated carbocycles. The summed E-state index contributed by atoms with van der Waals surface area (Å²) < 4.78 is 1.84. The minimum atomic E-state index is -0.369. The van der Waals surface area contributed by atoms with E-state index in [0.717, 1.165) is 54.3 Å². The third-order valence-electron chi connectivity index (χ3n) is 5.96. The summed E-state index contributed by atoms with van der Waals surface area (Å²) in [5.41, 5.74) is 1.29. The van der Waals surface area contributed by atoms with E-state index in [2.05, 4.69) is 23.8 Å². The fourth-order valence-corrected chi connectivity index (χ4v) is 4.28. The molecule has 1 aliphatic heterocycles. The van der Waals surface area contributed by atoms with E-state index < -0.39 is 0 Å². The van der Waals surface area contributed by atoms with Crippen LogP contribution in [0.25, 0.3) is 16.7 Å². The lowest BCUT2D eigenvalue weighted by Crippen LogP contribution is -2.52. The maximum atomic E-state index is 12.7. The van der Waals surface area contributed by atoms with Gasteiger partial charge in [-0.2, -0.15) is 5.10 Å². The van der Waals surface area contributed by atoms with E-state index >= 15 is 0 Å². The molecule has 3 heterocycles. The zero-order valence-electron chi connectivity index (χ0n) is 20.2. The van der Waals surface area contributed by atoms with Crippen molar-refractivity contribution in [1.82, 2.24) is 24.6 Å². The number of nitrogens with zero attached hydrogens (tertiary/aromatic N) is 6. The Morgan fingerprint density at radius 1 is 1.12 bits per heavy atom. The number of aryl methyl sites for hydroxylation is 1. The number of carbonyl (C=O) groups excluding carboxylic acids is 1. The average Bonchev–Trinajstić information content (AvgIpc) is 3.20. The van der Waals surface area contributed by atoms with E-state index in [1.54, 1.807) is 0 Å². The van der Waals surface area contributed by atoms with Crippen molar-refractivity contribution in [2.24, 2.45) is 11.3 Å². The minimum Gasteiger partial charge on any atom is -0.352 e. The van der Waals surface area contributed by atoms with E-state index in [1.165, 1.54) is 0 Å². The van der Waals surface area contributed by atoms with Gasteiger partial charge in [0.05, 0.1) is 17.3 Å². The number of piperazine rings is 1. The number of hydrogen-bond acceptors (Lipinski definition) is 5. The Balaban J connectivity index is 1.69. The van der Waals surface area contributed by atoms with Gasteiger partial charge in [0.1, 0.15) is 11.6 Å². The predicted molar refractivity (Wildman–Crippen MR) is 133 cm³/mol. The molecule has 0 unspecified atom stereocenters. The summed E-state index contributed by atoms with van der Waals surface area (Å²) in [5.74, 6) is 2.48. The van der Waals surface area contributed by atoms with Crippen molar-refractivity contribution < 1.29 is 4.79 Å². The fourth-order valence-electron chi connectivity index (χ4n) is 4.10. The maximum absolute atomic E-state index is 12.7. The Morgan fingerprint density at radius 3 is 2.48 bits per heavy atom. The Labute approximate surface area is 200 Å². The maximum Gasteiger partial charge on any atom is 0.228 e. The summed E-state index contributed by atoms with van der Waals surface area (Å²) in [6.07, 6.45) is 3.67. The summed E-state index contributed by atoms with van der Waals surface area (Å²) in [6.45, 7) is 13.2. The molecule has 0 N–H and O–H groups in total. The van der Waals surface area contributed by atoms with Gasteiger partial charge in [-0.25, -0.2) is 14.6 Å². The third kappa shape index (κ3) is 5.13. The van der Waals surface area contributed by atoms with Crippen LogP contribution in [-0.4, -0.2) is 56.7 Å². The van der Waals surface area contributed by atoms with Crippen LogP contribution in [0, 0.1) is 11.3 Å². The molecular weight excluding hydrogens is 436 g/mol. The lowest BCUT2D eigenvalue weighted by atomic mass is 9.94. The molecule has 1 aliphatic rings. The fraction of sp³-hybridized carbons (Fsp3) is 0.520. The van der Waals surface area contributed by atoms with Crippen molar-refractivity contribution in [3.8, 4) is 5.69 Å². The molecule has 1 amide bonds. The number of fused-ring (bicyclic) bond motifs is 1. The number of anilines is 1. The molecule has 3 aromatic rings. The highest BCUT2D eigenvalue weighted by molar-refractivity contribution is 6.30. The monoisotopic (exact) mass is 468 g/mol. The SMILES string of the molecule is CC(C)CCc1nc(N2CCN(C(=O)C(C)(C)C)CC2)c2cnn(-c3cccc(Cl)c3)c2n1. The van der Waals surface area contributed by atoms with Crippen molar-refractivity contribution in [2.45, 2.75) is 47.5 Å². The van der Waals surface area contributed by atoms with Crippen LogP contribution in [0.4, 0.5) is 5.82 Å². The average molecular weight is 469 g/mol. The standard InChI is InChI=1S/C25H33ClN6O/c1-17(2)9-10-21-28-22(30-11-13-31(14-12-30)24(33)25(3,4)5)20-16-27-32(23(20)29-21)19-8-6-7-18(26)15-19/h6-8,15-17H,9-14H2,1-5H3. The van der Waals surface area contributed by atoms with Crippen molar-refractivity contribution in [2.75, 3.05) is 31.1 Å². The predicted octanol–water partition coefficient (Wildman–Crippen LogP) is 4.75. The van der Waals surface area contributed by atoms with Crippen LogP contribution in [-0.2, 0) is 11.2 Å². The molecule has 0 radical (unpaired) electrons. The molecule has 1 saturated heterocycles. The summed E-state index contributed by atoms with van der Waals surface area (Å²) in [4.78, 5) is 26.8. The molecule has 7 nitrogen and oxygen atoms in total. The zero-order valence-corrected chi connectivity index (χ0v) is 20.9. The molecule has 0 spiro atoms. The van der Waals surface area contributed by atoms with Gasteiger partial charge >= 0.3 is 0 Å². The Morgan fingerprint density at radius 2 is 1.85 bits per heavy atom. The number of benzene rings is 1. The minimum absolute atomic E-state index is 0.196. The molecule has 4 rings (SSSR count). The van der Waals surface area contributed by atoms with Gasteiger partial charge in [-0.15, -0.1) is 0 Å². The van der Waals surface area contributed by atoms with Crippen LogP contribution in [0.1, 0.15) is 46.9 Å². The molecule has 0 aliphatic carbocycles. The summed E-state index contributed by atoms with van der Waals surface area (Å²) >= 11 is 6.24. The van der Waals surface area contributed by atoms with Crippen LogP contribution in [0.3, 0.4) is 0 Å². The molecule has 33 heavy (non-hydrogen) atoms. The summed E-state index contributed by atoms with van der Waals surface area (Å²) in [5, 5.41) is 6.21. The Bertz CT molecular complexity index is 1140. The van der Waals surface area contributed by atoms with Crippen LogP contribution in [0.2, 0.25) is 5.02 Å². The second kappa shape index (κ2) is 9.29. The highest BCUT2D eigenvalue weighted by Gasteiger charge is 2.31. The molecule has 1 fully saturated rings. The molecule has 0 bridgehead atoms. The van der Waals surface area contributed by atoms with Crippen LogP contribution >= 0.6 is 11.6 Å². The first-order valence-electron chi connectivity index (χ1n) is 11.7. The van der Waals surface area contributed by atoms with E-state index in [9.17, 15) is 4.79 Å². The number of aromatic nitrogens is 4. The topological polar surface area (TPSA) is 67.2 Å². The molecule has 8 heteroatoms. The summed E-state index contributed by atoms with van der Waals surface area (Å²) in [7, 11) is 0. The smallest absolute Gasteiger partial charge is 0.228 e. The van der Waals surface area contributed by atoms with Crippen LogP contribution < -0.4 is 4.90 Å². The van der Waals surface area contributed by atoms with Gasteiger partial charge in [-0.05, 0) is 30.5 Å². The van der Waals surface area contributed by atoms with Crippen molar-refractivity contribution in [3.63, 3.8) is 0 Å². The Kier molecular flexibility index (Phi) is 6.61. The molecular formula is C25H33ClN6O. The second-order valence-corrected chi connectivity index (χ2v) is 10.6. The van der Waals surface area contributed by atoms with Crippen LogP contribution in [0.15, 0.2) is 30.5 Å². The van der Waals surface area contributed by atoms with Crippen LogP contribution in [0.5, 0.6) is 0 Å². The number of amides is 1. The van der Waals surface area contributed by atoms with Gasteiger partial charge in [0.15, 0.2) is 5.65 Å². The number of halogens is 1. The number of hydrogen-bond donors (Lipinski definition) is 0. The largest absolute Gasteiger partial charge is 0.352 e. The first-order valence-corrected chi connectivity index (χ1v) is 12.1. The van der Waals surface area contributed by atoms with Crippen molar-refractivity contribution >= 4 is 34.4 Å². The highest BCUT2D eigenvalue weighted by atomic mass is 35.5. The lowest BCUT2D eigenvalue weighted by molar-refractivity contribution is -0.139. The van der Waals surface area contributed by atoms with Crippen molar-refractivity contribution in [3.05, 3.63) is 41.3 Å². The molecule has 2 aromatic heterocycles. The second-order valence-electron chi connectivity index (χ2n) is 10.2. The zero-order chi connectivity index (χ0) is 23.8. The van der Waals surface area contributed by atoms with Gasteiger partial charge in [0, 0.05) is 43.0 Å². The van der Waals surface area contributed by atoms with E-state index in [-0.39, 0.29) is 11.3 Å². The molecule has 1 aromatic carbocycles. The molecule has 0 atom stereocenters. The van der Waals surface area contributed by atoms with Gasteiger partial charge in [0.2, 0.25) is 5.91 Å². The first-order chi connectivity index (χ1) is 15.6. The highest BCUT2D eigenvalue weighted by Crippen LogP contribution is 2.28. The van der Waals surface area contributed by atoms with E-state index in [0.29, 0.717) is 24.0 Å².